The monoisotopic (exact) mass is 247 g/mol. The van der Waals surface area contributed by atoms with Gasteiger partial charge < -0.3 is 5.11 Å². The summed E-state index contributed by atoms with van der Waals surface area (Å²) in [6.07, 6.45) is 7.96. The van der Waals surface area contributed by atoms with E-state index in [0.29, 0.717) is 10.8 Å². The molecule has 0 fully saturated rings. The van der Waals surface area contributed by atoms with Crippen LogP contribution in [0.25, 0.3) is 0 Å². The van der Waals surface area contributed by atoms with Gasteiger partial charge in [0.2, 0.25) is 0 Å². The minimum atomic E-state index is -0.862. The zero-order chi connectivity index (χ0) is 12.4. The fourth-order valence-corrected chi connectivity index (χ4v) is 2.82. The normalized spacial score (nSPS) is 19.1. The van der Waals surface area contributed by atoms with Gasteiger partial charge in [-0.1, -0.05) is 18.2 Å². The molecular formula is C12H14BNO2S. The van der Waals surface area contributed by atoms with Crippen LogP contribution in [0.2, 0.25) is 0 Å². The highest BCUT2D eigenvalue weighted by Crippen LogP contribution is 2.26. The Morgan fingerprint density at radius 3 is 3.12 bits per heavy atom. The van der Waals surface area contributed by atoms with E-state index in [1.165, 1.54) is 16.8 Å². The summed E-state index contributed by atoms with van der Waals surface area (Å²) >= 11 is 1.26. The molecule has 0 bridgehead atoms. The standard InChI is InChI=1S/C12H14BNO2S/c1-7-14-10(11(17-7)12(15)16)6-8-4-2-3-5-9(8)13/h2-3,5,8H,4,6,13H2,1H3,(H,15,16). The molecule has 1 aliphatic rings. The second kappa shape index (κ2) is 4.88. The smallest absolute Gasteiger partial charge is 0.347 e. The Labute approximate surface area is 105 Å². The van der Waals surface area contributed by atoms with Crippen LogP contribution in [-0.4, -0.2) is 23.9 Å². The Hall–Kier alpha value is -1.36. The minimum Gasteiger partial charge on any atom is -0.477 e. The zero-order valence-electron chi connectivity index (χ0n) is 9.93. The van der Waals surface area contributed by atoms with Crippen molar-refractivity contribution in [3.63, 3.8) is 0 Å². The van der Waals surface area contributed by atoms with E-state index in [1.54, 1.807) is 0 Å². The van der Waals surface area contributed by atoms with E-state index in [0.717, 1.165) is 23.5 Å². The van der Waals surface area contributed by atoms with Crippen LogP contribution in [0.1, 0.15) is 26.8 Å². The highest BCUT2D eigenvalue weighted by Gasteiger charge is 2.20. The van der Waals surface area contributed by atoms with E-state index in [9.17, 15) is 4.79 Å². The third-order valence-electron chi connectivity index (χ3n) is 3.00. The molecule has 0 saturated carbocycles. The van der Waals surface area contributed by atoms with Crippen LogP contribution in [0.15, 0.2) is 23.7 Å². The quantitative estimate of drug-likeness (QED) is 0.828. The number of hydrogen-bond donors (Lipinski definition) is 1. The highest BCUT2D eigenvalue weighted by atomic mass is 32.1. The number of aryl methyl sites for hydroxylation is 1. The number of nitrogens with zero attached hydrogens (tertiary/aromatic N) is 1. The summed E-state index contributed by atoms with van der Waals surface area (Å²) in [7, 11) is 2.09. The number of hydrogen-bond acceptors (Lipinski definition) is 3. The molecule has 1 unspecified atom stereocenters. The molecule has 5 heteroatoms. The molecule has 0 spiro atoms. The second-order valence-corrected chi connectivity index (χ2v) is 5.49. The van der Waals surface area contributed by atoms with Crippen LogP contribution in [0.4, 0.5) is 0 Å². The maximum absolute atomic E-state index is 11.1. The maximum atomic E-state index is 11.1. The first kappa shape index (κ1) is 12.1. The van der Waals surface area contributed by atoms with E-state index >= 15 is 0 Å². The number of aromatic nitrogens is 1. The van der Waals surface area contributed by atoms with Gasteiger partial charge in [0.05, 0.1) is 10.7 Å². The third kappa shape index (κ3) is 2.66. The van der Waals surface area contributed by atoms with Gasteiger partial charge >= 0.3 is 5.97 Å². The van der Waals surface area contributed by atoms with Crippen molar-refractivity contribution >= 4 is 25.2 Å². The molecule has 1 atom stereocenters. The second-order valence-electron chi connectivity index (χ2n) is 4.29. The number of aromatic carboxylic acids is 1. The number of carboxylic acid groups (broad SMARTS) is 1. The van der Waals surface area contributed by atoms with E-state index in [2.05, 4.69) is 31.1 Å². The van der Waals surface area contributed by atoms with Crippen LogP contribution in [0.3, 0.4) is 0 Å². The first-order chi connectivity index (χ1) is 8.08. The number of carbonyl (C=O) groups is 1. The SMILES string of the molecule is BC1=CC=CCC1Cc1nc(C)sc1C(=O)O. The summed E-state index contributed by atoms with van der Waals surface area (Å²) in [4.78, 5) is 15.8. The molecule has 2 rings (SSSR count). The van der Waals surface area contributed by atoms with Crippen LogP contribution in [0.5, 0.6) is 0 Å². The Balaban J connectivity index is 2.21. The largest absolute Gasteiger partial charge is 0.477 e. The third-order valence-corrected chi connectivity index (χ3v) is 4.00. The van der Waals surface area contributed by atoms with Crippen molar-refractivity contribution < 1.29 is 9.90 Å². The van der Waals surface area contributed by atoms with Crippen molar-refractivity contribution in [3.05, 3.63) is 39.3 Å². The van der Waals surface area contributed by atoms with Crippen molar-refractivity contribution in [1.82, 2.24) is 4.98 Å². The fraction of sp³-hybridized carbons (Fsp3) is 0.333. The van der Waals surface area contributed by atoms with Gasteiger partial charge in [-0.05, 0) is 25.7 Å². The first-order valence-electron chi connectivity index (χ1n) is 5.61. The van der Waals surface area contributed by atoms with Crippen molar-refractivity contribution in [1.29, 1.82) is 0 Å². The molecule has 0 amide bonds. The Bertz CT molecular complexity index is 505. The number of allylic oxidation sites excluding steroid dienone is 4. The maximum Gasteiger partial charge on any atom is 0.347 e. The van der Waals surface area contributed by atoms with Crippen molar-refractivity contribution in [2.24, 2.45) is 5.92 Å². The highest BCUT2D eigenvalue weighted by molar-refractivity contribution is 7.13. The van der Waals surface area contributed by atoms with Gasteiger partial charge in [0.25, 0.3) is 0 Å². The summed E-state index contributed by atoms with van der Waals surface area (Å²) in [5.41, 5.74) is 2.03. The predicted octanol–water partition coefficient (Wildman–Crippen LogP) is 1.79. The Morgan fingerprint density at radius 2 is 2.47 bits per heavy atom. The molecule has 1 aromatic rings. The van der Waals surface area contributed by atoms with Gasteiger partial charge in [-0.3, -0.25) is 0 Å². The zero-order valence-corrected chi connectivity index (χ0v) is 10.8. The molecule has 0 radical (unpaired) electrons. The summed E-state index contributed by atoms with van der Waals surface area (Å²) in [6.45, 7) is 1.85. The number of rotatable bonds is 3. The summed E-state index contributed by atoms with van der Waals surface area (Å²) in [5, 5.41) is 9.94. The topological polar surface area (TPSA) is 50.2 Å². The van der Waals surface area contributed by atoms with Crippen molar-refractivity contribution in [2.75, 3.05) is 0 Å². The lowest BCUT2D eigenvalue weighted by Gasteiger charge is -2.18. The molecule has 0 aliphatic heterocycles. The van der Waals surface area contributed by atoms with Crippen molar-refractivity contribution in [3.8, 4) is 0 Å². The molecule has 0 saturated heterocycles. The summed E-state index contributed by atoms with van der Waals surface area (Å²) < 4.78 is 0. The molecule has 1 N–H and O–H groups in total. The van der Waals surface area contributed by atoms with Crippen LogP contribution in [-0.2, 0) is 6.42 Å². The van der Waals surface area contributed by atoms with Gasteiger partial charge in [-0.25, -0.2) is 9.78 Å². The molecular weight excluding hydrogens is 233 g/mol. The molecule has 1 heterocycles. The van der Waals surface area contributed by atoms with Crippen LogP contribution in [0, 0.1) is 12.8 Å². The van der Waals surface area contributed by atoms with Crippen molar-refractivity contribution in [2.45, 2.75) is 19.8 Å². The lowest BCUT2D eigenvalue weighted by atomic mass is 9.77. The van der Waals surface area contributed by atoms with E-state index in [-0.39, 0.29) is 0 Å². The molecule has 1 aromatic heterocycles. The average molecular weight is 247 g/mol. The lowest BCUT2D eigenvalue weighted by Crippen LogP contribution is -2.12. The summed E-state index contributed by atoms with van der Waals surface area (Å²) in [5.74, 6) is -0.474. The molecule has 17 heavy (non-hydrogen) atoms. The molecule has 0 aromatic carbocycles. The van der Waals surface area contributed by atoms with E-state index < -0.39 is 5.97 Å². The van der Waals surface area contributed by atoms with Gasteiger partial charge in [-0.2, -0.15) is 0 Å². The van der Waals surface area contributed by atoms with Gasteiger partial charge in [0.1, 0.15) is 12.7 Å². The van der Waals surface area contributed by atoms with Crippen LogP contribution < -0.4 is 0 Å². The molecule has 3 nitrogen and oxygen atoms in total. The average Bonchev–Trinajstić information content (AvgIpc) is 2.63. The fourth-order valence-electron chi connectivity index (χ4n) is 2.04. The van der Waals surface area contributed by atoms with Gasteiger partial charge in [0.15, 0.2) is 0 Å². The predicted molar refractivity (Wildman–Crippen MR) is 71.4 cm³/mol. The number of carboxylic acids is 1. The first-order valence-corrected chi connectivity index (χ1v) is 6.42. The number of thiazole rings is 1. The van der Waals surface area contributed by atoms with E-state index in [1.807, 2.05) is 6.92 Å². The molecule has 88 valence electrons. The van der Waals surface area contributed by atoms with Gasteiger partial charge in [-0.15, -0.1) is 16.8 Å². The Kier molecular flexibility index (Phi) is 3.47. The Morgan fingerprint density at radius 1 is 1.71 bits per heavy atom. The van der Waals surface area contributed by atoms with E-state index in [4.69, 9.17) is 5.11 Å². The van der Waals surface area contributed by atoms with Crippen LogP contribution >= 0.6 is 11.3 Å². The lowest BCUT2D eigenvalue weighted by molar-refractivity contribution is 0.0700. The minimum absolute atomic E-state index is 0.389. The molecule has 1 aliphatic carbocycles. The van der Waals surface area contributed by atoms with Gasteiger partial charge in [0, 0.05) is 0 Å². The summed E-state index contributed by atoms with van der Waals surface area (Å²) in [6, 6.07) is 0.